The normalized spacial score (nSPS) is 11.5. The van der Waals surface area contributed by atoms with Crippen molar-refractivity contribution in [3.63, 3.8) is 0 Å². The van der Waals surface area contributed by atoms with Crippen molar-refractivity contribution in [1.29, 1.82) is 15.8 Å². The molecule has 558 valence electrons. The minimum absolute atomic E-state index is 0.410. The number of nitriles is 3. The van der Waals surface area contributed by atoms with Crippen LogP contribution >= 0.6 is 0 Å². The first-order chi connectivity index (χ1) is 59.4. The average Bonchev–Trinajstić information content (AvgIpc) is 1.57. The maximum atomic E-state index is 9.71. The lowest BCUT2D eigenvalue weighted by Gasteiger charge is -2.14. The summed E-state index contributed by atoms with van der Waals surface area (Å²) in [5.74, 6) is 0. The van der Waals surface area contributed by atoms with Crippen molar-refractivity contribution < 1.29 is 13.3 Å². The summed E-state index contributed by atoms with van der Waals surface area (Å²) in [5.41, 5.74) is 29.0. The highest BCUT2D eigenvalue weighted by molar-refractivity contribution is 6.27. The van der Waals surface area contributed by atoms with Gasteiger partial charge in [0.05, 0.1) is 54.8 Å². The molecule has 15 aromatic carbocycles. The van der Waals surface area contributed by atoms with Gasteiger partial charge >= 0.3 is 0 Å². The molecule has 0 fully saturated rings. The van der Waals surface area contributed by atoms with E-state index in [0.717, 1.165) is 215 Å². The molecule has 24 aromatic rings. The van der Waals surface area contributed by atoms with Crippen LogP contribution in [0.3, 0.4) is 0 Å². The predicted octanol–water partition coefficient (Wildman–Crippen LogP) is 27.9. The average molecular weight is 1530 g/mol. The maximum Gasteiger partial charge on any atom is 0.148 e. The first kappa shape index (κ1) is 69.7. The number of aromatic nitrogens is 6. The molecule has 0 aliphatic heterocycles. The second-order valence-electron chi connectivity index (χ2n) is 29.8. The van der Waals surface area contributed by atoms with E-state index in [0.29, 0.717) is 17.0 Å². The lowest BCUT2D eigenvalue weighted by atomic mass is 9.93. The Bertz CT molecular complexity index is 8440. The van der Waals surface area contributed by atoms with E-state index in [-0.39, 0.29) is 0 Å². The monoisotopic (exact) mass is 1530 g/mol. The lowest BCUT2D eigenvalue weighted by molar-refractivity contribution is 0.672. The topological polar surface area (TPSA) is 164 Å². The van der Waals surface area contributed by atoms with Crippen LogP contribution in [0.5, 0.6) is 0 Å². The summed E-state index contributed by atoms with van der Waals surface area (Å²) in [7, 11) is 0. The van der Waals surface area contributed by atoms with Crippen molar-refractivity contribution in [2.45, 2.75) is 0 Å². The number of pyridine rings is 3. The van der Waals surface area contributed by atoms with Crippen LogP contribution in [0, 0.1) is 34.0 Å². The maximum absolute atomic E-state index is 9.71. The van der Waals surface area contributed by atoms with Gasteiger partial charge in [0.1, 0.15) is 63.1 Å². The van der Waals surface area contributed by atoms with Crippen molar-refractivity contribution in [2.75, 3.05) is 0 Å². The standard InChI is InChI=1S/3C36H21N3O/c37-22-31-27(15-8-20-38-31)26-12-2-1-11-25(26)23-9-7-10-24(21-23)39-32-16-5-3-14-30(32)35-33(39)19-18-29-28-13-4-6-17-34(28)40-36(29)35;37-20-23-18-25(22-38-21-23)28-11-2-1-10-27(28)24-8-7-9-26(19-24)39-32-14-5-3-13-31(32)35-33(39)17-16-30-29-12-4-6-15-34(29)40-36(30)35;37-21-25-17-16-24(22-38-25)28-11-2-1-10-27(28)23-8-7-9-26(20-23)39-32-14-5-3-13-31(32)35-33(39)19-18-30-29-12-4-6-15-34(29)40-36(30)35/h1-21H;1-19,21-22H;1-20,22H. The molecule has 0 N–H and O–H groups in total. The van der Waals surface area contributed by atoms with Gasteiger partial charge in [0.2, 0.25) is 0 Å². The van der Waals surface area contributed by atoms with Crippen LogP contribution < -0.4 is 0 Å². The summed E-state index contributed by atoms with van der Waals surface area (Å²) in [6.07, 6.45) is 6.84. The molecule has 0 atom stereocenters. The molecule has 120 heavy (non-hydrogen) atoms. The summed E-state index contributed by atoms with van der Waals surface area (Å²) in [6.45, 7) is 0. The van der Waals surface area contributed by atoms with E-state index < -0.39 is 0 Å². The van der Waals surface area contributed by atoms with Crippen LogP contribution in [0.4, 0.5) is 0 Å². The van der Waals surface area contributed by atoms with Crippen molar-refractivity contribution in [3.05, 3.63) is 400 Å². The van der Waals surface area contributed by atoms with Gasteiger partial charge in [-0.2, -0.15) is 15.8 Å². The van der Waals surface area contributed by atoms with Crippen LogP contribution in [0.25, 0.3) is 215 Å². The second kappa shape index (κ2) is 28.8. The molecule has 0 aliphatic carbocycles. The van der Waals surface area contributed by atoms with Gasteiger partial charge in [0, 0.05) is 107 Å². The van der Waals surface area contributed by atoms with Crippen LogP contribution in [-0.4, -0.2) is 28.7 Å². The van der Waals surface area contributed by atoms with E-state index in [1.807, 2.05) is 97.2 Å². The molecule has 0 unspecified atom stereocenters. The number of benzene rings is 15. The molecule has 0 aliphatic rings. The van der Waals surface area contributed by atoms with E-state index in [2.05, 4.69) is 308 Å². The fourth-order valence-corrected chi connectivity index (χ4v) is 17.9. The zero-order valence-corrected chi connectivity index (χ0v) is 64.1. The van der Waals surface area contributed by atoms with Gasteiger partial charge in [-0.3, -0.25) is 4.98 Å². The van der Waals surface area contributed by atoms with E-state index in [9.17, 15) is 15.8 Å². The zero-order chi connectivity index (χ0) is 79.9. The Morgan fingerprint density at radius 1 is 0.242 bits per heavy atom. The van der Waals surface area contributed by atoms with Crippen LogP contribution in [0.15, 0.2) is 396 Å². The Morgan fingerprint density at radius 2 is 0.617 bits per heavy atom. The Hall–Kier alpha value is -17.0. The third-order valence-corrected chi connectivity index (χ3v) is 23.1. The molecule has 9 aromatic heterocycles. The van der Waals surface area contributed by atoms with E-state index in [1.165, 1.54) is 0 Å². The van der Waals surface area contributed by atoms with Gasteiger partial charge < -0.3 is 27.0 Å². The molecule has 24 rings (SSSR count). The molecule has 0 spiro atoms. The molecule has 12 nitrogen and oxygen atoms in total. The molecular weight excluding hydrogens is 1470 g/mol. The van der Waals surface area contributed by atoms with Gasteiger partial charge in [-0.05, 0) is 190 Å². The third-order valence-electron chi connectivity index (χ3n) is 23.1. The van der Waals surface area contributed by atoms with Crippen molar-refractivity contribution >= 4 is 131 Å². The number of para-hydroxylation sites is 6. The van der Waals surface area contributed by atoms with Gasteiger partial charge in [0.15, 0.2) is 0 Å². The predicted molar refractivity (Wildman–Crippen MR) is 484 cm³/mol. The second-order valence-corrected chi connectivity index (χ2v) is 29.8. The summed E-state index contributed by atoms with van der Waals surface area (Å²) >= 11 is 0. The van der Waals surface area contributed by atoms with Crippen molar-refractivity contribution in [3.8, 4) is 102 Å². The van der Waals surface area contributed by atoms with E-state index in [4.69, 9.17) is 13.3 Å². The highest BCUT2D eigenvalue weighted by Crippen LogP contribution is 2.47. The summed E-state index contributed by atoms with van der Waals surface area (Å²) in [5, 5.41) is 41.9. The number of nitrogens with zero attached hydrogens (tertiary/aromatic N) is 9. The lowest BCUT2D eigenvalue weighted by Crippen LogP contribution is -1.95. The minimum Gasteiger partial charge on any atom is -0.455 e. The van der Waals surface area contributed by atoms with Gasteiger partial charge in [-0.1, -0.05) is 218 Å². The minimum atomic E-state index is 0.410. The molecular formula is C108H63N9O3. The number of rotatable bonds is 9. The largest absolute Gasteiger partial charge is 0.455 e. The van der Waals surface area contributed by atoms with Crippen molar-refractivity contribution in [2.24, 2.45) is 0 Å². The van der Waals surface area contributed by atoms with Crippen molar-refractivity contribution in [1.82, 2.24) is 28.7 Å². The highest BCUT2D eigenvalue weighted by atomic mass is 16.3. The van der Waals surface area contributed by atoms with E-state index >= 15 is 0 Å². The molecule has 9 heterocycles. The Labute approximate surface area is 686 Å². The number of hydrogen-bond donors (Lipinski definition) is 0. The van der Waals surface area contributed by atoms with Gasteiger partial charge in [-0.25, -0.2) is 9.97 Å². The molecule has 0 saturated heterocycles. The number of furan rings is 3. The fourth-order valence-electron chi connectivity index (χ4n) is 17.9. The number of fused-ring (bicyclic) bond motifs is 21. The smallest absolute Gasteiger partial charge is 0.148 e. The Morgan fingerprint density at radius 3 is 1.02 bits per heavy atom. The third kappa shape index (κ3) is 11.5. The summed E-state index contributed by atoms with van der Waals surface area (Å²) in [4.78, 5) is 12.9. The highest BCUT2D eigenvalue weighted by Gasteiger charge is 2.25. The summed E-state index contributed by atoms with van der Waals surface area (Å²) < 4.78 is 26.3. The molecule has 0 amide bonds. The zero-order valence-electron chi connectivity index (χ0n) is 64.1. The molecule has 0 saturated carbocycles. The SMILES string of the molecule is N#Cc1ccc(-c2ccccc2-c2cccc(-n3c4ccccc4c4c5oc6ccccc6c5ccc43)c2)cn1.N#Cc1cncc(-c2ccccc2-c2cccc(-n3c4ccccc4c4c5oc6ccccc6c5ccc43)c2)c1.N#Cc1ncccc1-c1ccccc1-c1cccc(-n2c3ccccc3c3c4oc5ccccc5c4ccc32)c1. The Kier molecular flexibility index (Phi) is 16.8. The van der Waals surface area contributed by atoms with Crippen LogP contribution in [0.2, 0.25) is 0 Å². The van der Waals surface area contributed by atoms with Gasteiger partial charge in [0.25, 0.3) is 0 Å². The quantitative estimate of drug-likeness (QED) is 0.137. The summed E-state index contributed by atoms with van der Waals surface area (Å²) in [6, 6.07) is 130. The van der Waals surface area contributed by atoms with Crippen LogP contribution in [0.1, 0.15) is 17.0 Å². The first-order valence-corrected chi connectivity index (χ1v) is 39.6. The van der Waals surface area contributed by atoms with Crippen LogP contribution in [-0.2, 0) is 0 Å². The first-order valence-electron chi connectivity index (χ1n) is 39.6. The molecule has 12 heteroatoms. The van der Waals surface area contributed by atoms with Gasteiger partial charge in [-0.15, -0.1) is 0 Å². The molecule has 0 bridgehead atoms. The molecule has 0 radical (unpaired) electrons. The fraction of sp³-hybridized carbons (Fsp3) is 0. The van der Waals surface area contributed by atoms with E-state index in [1.54, 1.807) is 24.7 Å². The number of hydrogen-bond acceptors (Lipinski definition) is 9. The Balaban J connectivity index is 0.000000108.